The molecule has 0 aromatic heterocycles. The number of carbonyl (C=O) groups is 2. The average molecular weight is 785 g/mol. The molecular weight excluding hydrogens is 712 g/mol. The molecule has 0 aliphatic rings. The van der Waals surface area contributed by atoms with E-state index < -0.39 is 27.0 Å². The molecule has 0 heterocycles. The molecule has 1 aromatic carbocycles. The fourth-order valence-corrected chi connectivity index (χ4v) is 6.80. The van der Waals surface area contributed by atoms with Crippen molar-refractivity contribution in [3.8, 4) is 0 Å². The smallest absolute Gasteiger partial charge is 0.744 e. The molecular formula is C44H73KO7S. The molecule has 298 valence electrons. The van der Waals surface area contributed by atoms with E-state index >= 15 is 0 Å². The van der Waals surface area contributed by atoms with Crippen molar-refractivity contribution < 1.29 is 83.4 Å². The van der Waals surface area contributed by atoms with Gasteiger partial charge in [0.25, 0.3) is 0 Å². The van der Waals surface area contributed by atoms with Crippen molar-refractivity contribution >= 4 is 22.1 Å². The van der Waals surface area contributed by atoms with E-state index in [1.807, 2.05) is 12.2 Å². The number of unbranched alkanes of at least 4 members (excludes halogenated alkanes) is 24. The van der Waals surface area contributed by atoms with Crippen molar-refractivity contribution in [1.82, 2.24) is 0 Å². The Hall–Kier alpha value is -0.814. The third kappa shape index (κ3) is 30.1. The Bertz CT molecular complexity index is 1210. The monoisotopic (exact) mass is 784 g/mol. The molecule has 0 aliphatic carbocycles. The Balaban J connectivity index is 0.0000270. The Kier molecular flexibility index (Phi) is 36.2. The van der Waals surface area contributed by atoms with E-state index in [4.69, 9.17) is 9.47 Å². The second-order valence-corrected chi connectivity index (χ2v) is 15.7. The molecule has 9 heteroatoms. The maximum absolute atomic E-state index is 12.9. The summed E-state index contributed by atoms with van der Waals surface area (Å²) < 4.78 is 45.6. The number of carbonyl (C=O) groups excluding carboxylic acids is 2. The molecule has 0 saturated heterocycles. The molecule has 1 aromatic rings. The van der Waals surface area contributed by atoms with Gasteiger partial charge < -0.3 is 14.0 Å². The zero-order valence-electron chi connectivity index (χ0n) is 34.0. The van der Waals surface area contributed by atoms with Gasteiger partial charge in [-0.05, 0) is 56.7 Å². The third-order valence-corrected chi connectivity index (χ3v) is 10.4. The molecule has 0 aliphatic heterocycles. The normalized spacial score (nSPS) is 11.7. The van der Waals surface area contributed by atoms with E-state index in [2.05, 4.69) is 26.0 Å². The Morgan fingerprint density at radius 2 is 0.830 bits per heavy atom. The molecule has 0 radical (unpaired) electrons. The number of hydrogen-bond acceptors (Lipinski definition) is 7. The van der Waals surface area contributed by atoms with Gasteiger partial charge in [0.15, 0.2) is 0 Å². The van der Waals surface area contributed by atoms with Crippen LogP contribution in [-0.2, 0) is 19.6 Å². The molecule has 0 amide bonds. The van der Waals surface area contributed by atoms with E-state index in [1.165, 1.54) is 141 Å². The summed E-state index contributed by atoms with van der Waals surface area (Å²) in [5.41, 5.74) is -0.412. The quantitative estimate of drug-likeness (QED) is 0.0222. The molecule has 7 nitrogen and oxygen atoms in total. The first kappa shape index (κ1) is 52.2. The first-order valence-electron chi connectivity index (χ1n) is 21.0. The molecule has 0 fully saturated rings. The average Bonchev–Trinajstić information content (AvgIpc) is 3.13. The van der Waals surface area contributed by atoms with Gasteiger partial charge in [0.05, 0.1) is 29.2 Å². The maximum Gasteiger partial charge on any atom is 1.00 e. The van der Waals surface area contributed by atoms with Gasteiger partial charge in [0.2, 0.25) is 0 Å². The summed E-state index contributed by atoms with van der Waals surface area (Å²) in [5.74, 6) is -1.63. The number of allylic oxidation sites excluding steroid dienone is 2. The molecule has 0 atom stereocenters. The minimum absolute atomic E-state index is 0. The zero-order chi connectivity index (χ0) is 38.0. The van der Waals surface area contributed by atoms with Crippen molar-refractivity contribution in [2.24, 2.45) is 0 Å². The summed E-state index contributed by atoms with van der Waals surface area (Å²) >= 11 is 0. The van der Waals surface area contributed by atoms with E-state index in [1.54, 1.807) is 0 Å². The molecule has 0 bridgehead atoms. The van der Waals surface area contributed by atoms with Gasteiger partial charge >= 0.3 is 63.3 Å². The van der Waals surface area contributed by atoms with Gasteiger partial charge in [-0.1, -0.05) is 179 Å². The van der Waals surface area contributed by atoms with Crippen LogP contribution in [0.15, 0.2) is 47.4 Å². The van der Waals surface area contributed by atoms with Crippen LogP contribution >= 0.6 is 0 Å². The molecule has 0 saturated carbocycles. The maximum atomic E-state index is 12.9. The van der Waals surface area contributed by atoms with E-state index in [0.29, 0.717) is 12.8 Å². The number of esters is 2. The minimum atomic E-state index is -4.83. The molecule has 0 N–H and O–H groups in total. The minimum Gasteiger partial charge on any atom is -0.744 e. The number of benzene rings is 1. The Labute approximate surface area is 367 Å². The van der Waals surface area contributed by atoms with E-state index in [9.17, 15) is 22.6 Å². The van der Waals surface area contributed by atoms with Crippen LogP contribution in [0.4, 0.5) is 0 Å². The predicted octanol–water partition coefficient (Wildman–Crippen LogP) is 9.98. The first-order chi connectivity index (χ1) is 25.3. The van der Waals surface area contributed by atoms with Gasteiger partial charge in [-0.3, -0.25) is 0 Å². The van der Waals surface area contributed by atoms with Crippen molar-refractivity contribution in [3.63, 3.8) is 0 Å². The fourth-order valence-electron chi connectivity index (χ4n) is 6.30. The van der Waals surface area contributed by atoms with Crippen molar-refractivity contribution in [2.45, 2.75) is 199 Å². The van der Waals surface area contributed by atoms with Crippen LogP contribution in [0.5, 0.6) is 0 Å². The Morgan fingerprint density at radius 3 is 1.19 bits per heavy atom. The van der Waals surface area contributed by atoms with Crippen LogP contribution in [0.2, 0.25) is 0 Å². The van der Waals surface area contributed by atoms with Crippen molar-refractivity contribution in [3.05, 3.63) is 53.6 Å². The second-order valence-electron chi connectivity index (χ2n) is 14.3. The summed E-state index contributed by atoms with van der Waals surface area (Å²) in [6.45, 7) is 4.70. The summed E-state index contributed by atoms with van der Waals surface area (Å²) in [4.78, 5) is 25.1. The molecule has 0 spiro atoms. The summed E-state index contributed by atoms with van der Waals surface area (Å²) in [6.07, 6.45) is 42.7. The largest absolute Gasteiger partial charge is 1.00 e. The van der Waals surface area contributed by atoms with Crippen LogP contribution in [-0.4, -0.2) is 38.1 Å². The van der Waals surface area contributed by atoms with Gasteiger partial charge in [-0.2, -0.15) is 0 Å². The van der Waals surface area contributed by atoms with Crippen LogP contribution in [0.1, 0.15) is 214 Å². The summed E-state index contributed by atoms with van der Waals surface area (Å²) in [6, 6.07) is 3.06. The van der Waals surface area contributed by atoms with Gasteiger partial charge in [0.1, 0.15) is 10.1 Å². The Morgan fingerprint density at radius 1 is 0.509 bits per heavy atom. The van der Waals surface area contributed by atoms with Gasteiger partial charge in [0, 0.05) is 0 Å². The van der Waals surface area contributed by atoms with Crippen LogP contribution in [0.3, 0.4) is 0 Å². The zero-order valence-corrected chi connectivity index (χ0v) is 38.0. The molecule has 1 rings (SSSR count). The summed E-state index contributed by atoms with van der Waals surface area (Å²) in [7, 11) is -4.83. The standard InChI is InChI=1S/C44H74O7S.K/c1-3-5-7-9-11-13-15-17-19-21-23-25-27-29-31-33-37-50-43(45)41-36-35-40(52(47,48)49)39-42(41)44(46)51-38-34-32-30-28-26-24-22-20-18-16-14-12-10-8-6-4-2;/h29-32,35-36,39H,3-28,33-34,37-38H2,1-2H3,(H,47,48,49);/q;+1/p-1/b31-29+,32-30+;. The third-order valence-electron chi connectivity index (χ3n) is 9.54. The molecule has 53 heavy (non-hydrogen) atoms. The van der Waals surface area contributed by atoms with Gasteiger partial charge in [-0.15, -0.1) is 0 Å². The fraction of sp³-hybridized carbons (Fsp3) is 0.727. The molecule has 0 unspecified atom stereocenters. The van der Waals surface area contributed by atoms with Crippen molar-refractivity contribution in [2.75, 3.05) is 13.2 Å². The topological polar surface area (TPSA) is 110 Å². The van der Waals surface area contributed by atoms with Crippen LogP contribution < -0.4 is 51.4 Å². The first-order valence-corrected chi connectivity index (χ1v) is 22.5. The van der Waals surface area contributed by atoms with Crippen molar-refractivity contribution in [1.29, 1.82) is 0 Å². The van der Waals surface area contributed by atoms with Crippen LogP contribution in [0, 0.1) is 0 Å². The predicted molar refractivity (Wildman–Crippen MR) is 214 cm³/mol. The second kappa shape index (κ2) is 36.8. The number of hydrogen-bond donors (Lipinski definition) is 0. The van der Waals surface area contributed by atoms with E-state index in [-0.39, 0.29) is 75.7 Å². The number of rotatable bonds is 35. The van der Waals surface area contributed by atoms with Crippen LogP contribution in [0.25, 0.3) is 0 Å². The number of ether oxygens (including phenoxy) is 2. The van der Waals surface area contributed by atoms with Gasteiger partial charge in [-0.25, -0.2) is 18.0 Å². The summed E-state index contributed by atoms with van der Waals surface area (Å²) in [5, 5.41) is 0. The van der Waals surface area contributed by atoms with E-state index in [0.717, 1.165) is 43.9 Å². The SMILES string of the molecule is CCCCCCCCCCCCCC/C=C/CCOC(=O)c1ccc(S(=O)(=O)[O-])cc1C(=O)OCC/C=C/CCCCCCCCCCCCCC.[K+].